The Morgan fingerprint density at radius 2 is 1.46 bits per heavy atom. The van der Waals surface area contributed by atoms with Crippen molar-refractivity contribution in [3.05, 3.63) is 76.9 Å². The SMILES string of the molecule is CCN(CC)CCS(=O)(=O)c1cccc(Nc2cc(S(=O)(=O)[O-])c(N)c3c2C(=O)c2ccccc2C3=O)c1.[K+]. The Morgan fingerprint density at radius 3 is 2.03 bits per heavy atom. The Balaban J connectivity index is 0.00000420. The van der Waals surface area contributed by atoms with Crippen molar-refractivity contribution in [1.82, 2.24) is 4.90 Å². The molecule has 3 aromatic carbocycles. The normalized spacial score (nSPS) is 13.0. The Hall–Kier alpha value is -1.94. The van der Waals surface area contributed by atoms with E-state index in [1.165, 1.54) is 36.4 Å². The monoisotopic (exact) mass is 595 g/mol. The van der Waals surface area contributed by atoms with Gasteiger partial charge in [-0.05, 0) is 37.4 Å². The number of carbonyl (C=O) groups is 2. The van der Waals surface area contributed by atoms with Crippen molar-refractivity contribution in [2.75, 3.05) is 36.4 Å². The number of ketones is 2. The van der Waals surface area contributed by atoms with Crippen molar-refractivity contribution in [1.29, 1.82) is 0 Å². The summed E-state index contributed by atoms with van der Waals surface area (Å²) in [6.45, 7) is 5.64. The van der Waals surface area contributed by atoms with Crippen LogP contribution in [0.4, 0.5) is 17.1 Å². The van der Waals surface area contributed by atoms with E-state index in [2.05, 4.69) is 5.32 Å². The second kappa shape index (κ2) is 12.3. The van der Waals surface area contributed by atoms with E-state index in [1.54, 1.807) is 12.1 Å². The van der Waals surface area contributed by atoms with E-state index in [0.717, 1.165) is 6.07 Å². The molecule has 0 saturated carbocycles. The number of sulfone groups is 1. The number of nitrogens with two attached hydrogens (primary N) is 1. The van der Waals surface area contributed by atoms with Crippen LogP contribution in [-0.2, 0) is 20.0 Å². The Labute approximate surface area is 270 Å². The summed E-state index contributed by atoms with van der Waals surface area (Å²) in [7, 11) is -8.81. The van der Waals surface area contributed by atoms with Crippen LogP contribution in [0.5, 0.6) is 0 Å². The van der Waals surface area contributed by atoms with Crippen LogP contribution in [0.15, 0.2) is 64.4 Å². The minimum atomic E-state index is -5.13. The molecule has 0 radical (unpaired) electrons. The van der Waals surface area contributed by atoms with Gasteiger partial charge in [-0.3, -0.25) is 9.59 Å². The molecule has 0 spiro atoms. The summed E-state index contributed by atoms with van der Waals surface area (Å²) in [4.78, 5) is 27.8. The van der Waals surface area contributed by atoms with Crippen LogP contribution in [-0.4, -0.2) is 63.2 Å². The fourth-order valence-corrected chi connectivity index (χ4v) is 6.39. The van der Waals surface area contributed by atoms with Gasteiger partial charge in [0.15, 0.2) is 21.4 Å². The topological polar surface area (TPSA) is 167 Å². The molecule has 0 amide bonds. The first-order chi connectivity index (χ1) is 17.9. The second-order valence-corrected chi connectivity index (χ2v) is 12.2. The van der Waals surface area contributed by atoms with Crippen LogP contribution in [0, 0.1) is 0 Å². The summed E-state index contributed by atoms with van der Waals surface area (Å²) in [5.41, 5.74) is 4.93. The number of hydrogen-bond acceptors (Lipinski definition) is 10. The van der Waals surface area contributed by atoms with Gasteiger partial charge in [0.2, 0.25) is 0 Å². The van der Waals surface area contributed by atoms with Crippen LogP contribution in [0.25, 0.3) is 0 Å². The minimum absolute atomic E-state index is 0. The summed E-state index contributed by atoms with van der Waals surface area (Å²) >= 11 is 0. The van der Waals surface area contributed by atoms with E-state index < -0.39 is 47.7 Å². The number of nitrogens with one attached hydrogen (secondary N) is 1. The smallest absolute Gasteiger partial charge is 0.744 e. The van der Waals surface area contributed by atoms with E-state index in [9.17, 15) is 31.0 Å². The predicted octanol–water partition coefficient (Wildman–Crippen LogP) is -0.189. The molecule has 0 saturated heterocycles. The van der Waals surface area contributed by atoms with Crippen molar-refractivity contribution in [2.45, 2.75) is 23.6 Å². The molecule has 4 rings (SSSR count). The van der Waals surface area contributed by atoms with Crippen LogP contribution >= 0.6 is 0 Å². The first-order valence-electron chi connectivity index (χ1n) is 11.8. The number of anilines is 3. The van der Waals surface area contributed by atoms with E-state index in [0.29, 0.717) is 19.6 Å². The van der Waals surface area contributed by atoms with Crippen LogP contribution in [0.1, 0.15) is 45.7 Å². The van der Waals surface area contributed by atoms with E-state index in [1.807, 2.05) is 18.7 Å². The molecule has 0 heterocycles. The van der Waals surface area contributed by atoms with Gasteiger partial charge in [-0.1, -0.05) is 44.2 Å². The molecule has 1 aliphatic carbocycles. The molecule has 200 valence electrons. The van der Waals surface area contributed by atoms with Crippen molar-refractivity contribution in [3.63, 3.8) is 0 Å². The van der Waals surface area contributed by atoms with Gasteiger partial charge in [0.1, 0.15) is 10.1 Å². The number of hydrogen-bond donors (Lipinski definition) is 2. The van der Waals surface area contributed by atoms with Gasteiger partial charge < -0.3 is 20.5 Å². The largest absolute Gasteiger partial charge is 1.00 e. The van der Waals surface area contributed by atoms with Crippen molar-refractivity contribution in [2.24, 2.45) is 0 Å². The molecule has 0 unspecified atom stereocenters. The molecule has 13 heteroatoms. The Kier molecular flexibility index (Phi) is 9.95. The first kappa shape index (κ1) is 31.6. The van der Waals surface area contributed by atoms with Crippen LogP contribution in [0.2, 0.25) is 0 Å². The maximum absolute atomic E-state index is 13.4. The van der Waals surface area contributed by atoms with Gasteiger partial charge >= 0.3 is 51.4 Å². The summed E-state index contributed by atoms with van der Waals surface area (Å²) in [6, 6.07) is 12.7. The molecular weight excluding hydrogens is 570 g/mol. The molecule has 1 aliphatic rings. The number of carbonyl (C=O) groups excluding carboxylic acids is 2. The first-order valence-corrected chi connectivity index (χ1v) is 14.9. The molecule has 10 nitrogen and oxygen atoms in total. The van der Waals surface area contributed by atoms with Gasteiger partial charge in [-0.25, -0.2) is 16.8 Å². The molecule has 3 aromatic rings. The number of nitrogen functional groups attached to an aromatic ring is 1. The third-order valence-electron chi connectivity index (χ3n) is 6.51. The Bertz CT molecular complexity index is 1670. The molecule has 3 N–H and O–H groups in total. The zero-order valence-electron chi connectivity index (χ0n) is 21.7. The third-order valence-corrected chi connectivity index (χ3v) is 9.08. The molecule has 39 heavy (non-hydrogen) atoms. The summed E-state index contributed by atoms with van der Waals surface area (Å²) in [5, 5.41) is 2.85. The second-order valence-electron chi connectivity index (χ2n) is 8.74. The van der Waals surface area contributed by atoms with Gasteiger partial charge in [0, 0.05) is 23.4 Å². The number of benzene rings is 3. The summed E-state index contributed by atoms with van der Waals surface area (Å²) in [6.07, 6.45) is 0. The zero-order chi connectivity index (χ0) is 27.8. The molecule has 0 atom stereocenters. The minimum Gasteiger partial charge on any atom is -0.744 e. The number of fused-ring (bicyclic) bond motifs is 2. The number of nitrogens with zero attached hydrogens (tertiary/aromatic N) is 1. The van der Waals surface area contributed by atoms with Crippen LogP contribution < -0.4 is 62.4 Å². The quantitative estimate of drug-likeness (QED) is 0.150. The molecule has 0 aliphatic heterocycles. The average molecular weight is 596 g/mol. The summed E-state index contributed by atoms with van der Waals surface area (Å²) in [5.74, 6) is -1.41. The van der Waals surface area contributed by atoms with Gasteiger partial charge in [-0.2, -0.15) is 0 Å². The molecular formula is C26H26KN3O7S2. The van der Waals surface area contributed by atoms with Gasteiger partial charge in [0.05, 0.1) is 38.0 Å². The van der Waals surface area contributed by atoms with Crippen molar-refractivity contribution in [3.8, 4) is 0 Å². The van der Waals surface area contributed by atoms with E-state index in [-0.39, 0.29) is 90.1 Å². The summed E-state index contributed by atoms with van der Waals surface area (Å²) < 4.78 is 61.9. The average Bonchev–Trinajstić information content (AvgIpc) is 2.88. The van der Waals surface area contributed by atoms with Gasteiger partial charge in [-0.15, -0.1) is 0 Å². The number of rotatable bonds is 9. The van der Waals surface area contributed by atoms with Gasteiger partial charge in [0.25, 0.3) is 0 Å². The maximum Gasteiger partial charge on any atom is 1.00 e. The molecule has 0 fully saturated rings. The fraction of sp³-hybridized carbons (Fsp3) is 0.231. The maximum atomic E-state index is 13.4. The molecule has 0 aromatic heterocycles. The Morgan fingerprint density at radius 1 is 0.872 bits per heavy atom. The van der Waals surface area contributed by atoms with Crippen molar-refractivity contribution >= 4 is 48.6 Å². The van der Waals surface area contributed by atoms with E-state index >= 15 is 0 Å². The fourth-order valence-electron chi connectivity index (χ4n) is 4.43. The standard InChI is InChI=1S/C26H27N3O7S2.K/c1-3-29(4-2)12-13-37(32,33)17-9-7-8-16(14-17)28-20-15-21(38(34,35)36)24(27)23-22(20)25(30)18-10-5-6-11-19(18)26(23)31;/h5-11,14-15,28H,3-4,12-13,27H2,1-2H3,(H,34,35,36);/q;+1/p-1. The zero-order valence-corrected chi connectivity index (χ0v) is 26.5. The molecule has 0 bridgehead atoms. The van der Waals surface area contributed by atoms with Crippen LogP contribution in [0.3, 0.4) is 0 Å². The van der Waals surface area contributed by atoms with Crippen molar-refractivity contribution < 1.29 is 82.4 Å². The third kappa shape index (κ3) is 6.37. The van der Waals surface area contributed by atoms with E-state index in [4.69, 9.17) is 5.73 Å². The predicted molar refractivity (Wildman–Crippen MR) is 142 cm³/mol.